The molecule has 1 aromatic carbocycles. The molecule has 0 saturated heterocycles. The molecule has 0 bridgehead atoms. The van der Waals surface area contributed by atoms with Crippen molar-refractivity contribution in [3.63, 3.8) is 0 Å². The first-order valence-electron chi connectivity index (χ1n) is 5.95. The van der Waals surface area contributed by atoms with Crippen molar-refractivity contribution in [2.75, 3.05) is 7.11 Å². The van der Waals surface area contributed by atoms with Gasteiger partial charge in [0, 0.05) is 20.0 Å². The third-order valence-electron chi connectivity index (χ3n) is 3.56. The van der Waals surface area contributed by atoms with Crippen LogP contribution in [-0.2, 0) is 16.0 Å². The summed E-state index contributed by atoms with van der Waals surface area (Å²) < 4.78 is 18.8. The Morgan fingerprint density at radius 3 is 2.65 bits per heavy atom. The monoisotopic (exact) mass is 236 g/mol. The molecule has 0 amide bonds. The molecule has 3 heteroatoms. The Bertz CT molecular complexity index is 405. The van der Waals surface area contributed by atoms with Gasteiger partial charge in [-0.2, -0.15) is 0 Å². The zero-order chi connectivity index (χ0) is 12.3. The van der Waals surface area contributed by atoms with Crippen LogP contribution >= 0.6 is 0 Å². The lowest BCUT2D eigenvalue weighted by Gasteiger charge is -2.40. The van der Waals surface area contributed by atoms with Crippen LogP contribution in [0.4, 0.5) is 4.39 Å². The van der Waals surface area contributed by atoms with Crippen molar-refractivity contribution in [2.24, 2.45) is 0 Å². The fraction of sp³-hybridized carbons (Fsp3) is 0.500. The Kier molecular flexibility index (Phi) is 3.57. The van der Waals surface area contributed by atoms with Crippen molar-refractivity contribution in [1.29, 1.82) is 0 Å². The number of carbonyl (C=O) groups is 1. The second kappa shape index (κ2) is 4.96. The maximum Gasteiger partial charge on any atom is 0.140 e. The number of benzene rings is 1. The van der Waals surface area contributed by atoms with Crippen LogP contribution in [0.3, 0.4) is 0 Å². The van der Waals surface area contributed by atoms with Gasteiger partial charge in [0.25, 0.3) is 0 Å². The van der Waals surface area contributed by atoms with E-state index in [1.807, 2.05) is 0 Å². The normalized spacial score (nSPS) is 17.5. The van der Waals surface area contributed by atoms with Gasteiger partial charge in [-0.25, -0.2) is 4.39 Å². The van der Waals surface area contributed by atoms with Gasteiger partial charge < -0.3 is 4.74 Å². The van der Waals surface area contributed by atoms with E-state index in [4.69, 9.17) is 4.74 Å². The van der Waals surface area contributed by atoms with E-state index in [1.54, 1.807) is 25.3 Å². The number of Topliss-reactive ketones (excluding diaryl/α,β-unsaturated/α-hetero) is 1. The SMILES string of the molecule is COC1(CC(=O)Cc2ccccc2F)CCC1. The fourth-order valence-corrected chi connectivity index (χ4v) is 2.30. The number of hydrogen-bond acceptors (Lipinski definition) is 2. The van der Waals surface area contributed by atoms with Crippen LogP contribution in [0.25, 0.3) is 0 Å². The molecule has 0 N–H and O–H groups in total. The lowest BCUT2D eigenvalue weighted by molar-refractivity contribution is -0.131. The Balaban J connectivity index is 1.96. The smallest absolute Gasteiger partial charge is 0.140 e. The van der Waals surface area contributed by atoms with Gasteiger partial charge >= 0.3 is 0 Å². The Morgan fingerprint density at radius 2 is 2.12 bits per heavy atom. The predicted molar refractivity (Wildman–Crippen MR) is 63.3 cm³/mol. The molecule has 0 spiro atoms. The van der Waals surface area contributed by atoms with E-state index >= 15 is 0 Å². The molecule has 0 unspecified atom stereocenters. The van der Waals surface area contributed by atoms with E-state index in [0.717, 1.165) is 19.3 Å². The summed E-state index contributed by atoms with van der Waals surface area (Å²) in [7, 11) is 1.65. The second-order valence-corrected chi connectivity index (χ2v) is 4.72. The minimum atomic E-state index is -0.305. The van der Waals surface area contributed by atoms with Gasteiger partial charge in [-0.05, 0) is 30.9 Å². The summed E-state index contributed by atoms with van der Waals surface area (Å²) in [4.78, 5) is 11.9. The first kappa shape index (κ1) is 12.2. The average Bonchev–Trinajstić information content (AvgIpc) is 2.27. The van der Waals surface area contributed by atoms with Crippen LogP contribution in [-0.4, -0.2) is 18.5 Å². The highest BCUT2D eigenvalue weighted by Crippen LogP contribution is 2.38. The van der Waals surface area contributed by atoms with Crippen molar-refractivity contribution in [3.05, 3.63) is 35.6 Å². The number of methoxy groups -OCH3 is 1. The molecule has 0 atom stereocenters. The molecular formula is C14H17FO2. The molecule has 17 heavy (non-hydrogen) atoms. The van der Waals surface area contributed by atoms with Crippen molar-refractivity contribution in [1.82, 2.24) is 0 Å². The molecule has 92 valence electrons. The van der Waals surface area contributed by atoms with E-state index in [2.05, 4.69) is 0 Å². The molecule has 2 rings (SSSR count). The Hall–Kier alpha value is -1.22. The minimum absolute atomic E-state index is 0.0525. The molecule has 0 aromatic heterocycles. The van der Waals surface area contributed by atoms with E-state index in [-0.39, 0.29) is 23.6 Å². The highest BCUT2D eigenvalue weighted by molar-refractivity contribution is 5.82. The summed E-state index contributed by atoms with van der Waals surface area (Å²) >= 11 is 0. The summed E-state index contributed by atoms with van der Waals surface area (Å²) in [5.41, 5.74) is 0.214. The lowest BCUT2D eigenvalue weighted by atomic mass is 9.76. The summed E-state index contributed by atoms with van der Waals surface area (Å²) in [6, 6.07) is 6.43. The van der Waals surface area contributed by atoms with Crippen molar-refractivity contribution >= 4 is 5.78 Å². The highest BCUT2D eigenvalue weighted by atomic mass is 19.1. The summed E-state index contributed by atoms with van der Waals surface area (Å²) in [5, 5.41) is 0. The van der Waals surface area contributed by atoms with Crippen LogP contribution in [0.15, 0.2) is 24.3 Å². The van der Waals surface area contributed by atoms with Gasteiger partial charge in [-0.1, -0.05) is 18.2 Å². The maximum absolute atomic E-state index is 13.4. The van der Waals surface area contributed by atoms with Crippen molar-refractivity contribution in [3.8, 4) is 0 Å². The minimum Gasteiger partial charge on any atom is -0.378 e. The number of halogens is 1. The molecule has 0 aliphatic heterocycles. The summed E-state index contributed by atoms with van der Waals surface area (Å²) in [6.07, 6.45) is 3.55. The van der Waals surface area contributed by atoms with Crippen LogP contribution in [0.5, 0.6) is 0 Å². The fourth-order valence-electron chi connectivity index (χ4n) is 2.30. The Labute approximate surface area is 101 Å². The predicted octanol–water partition coefficient (Wildman–Crippen LogP) is 2.90. The van der Waals surface area contributed by atoms with Crippen molar-refractivity contribution in [2.45, 2.75) is 37.7 Å². The number of ketones is 1. The maximum atomic E-state index is 13.4. The van der Waals surface area contributed by atoms with E-state index < -0.39 is 0 Å². The van der Waals surface area contributed by atoms with Crippen LogP contribution in [0.2, 0.25) is 0 Å². The molecule has 1 saturated carbocycles. The number of hydrogen-bond donors (Lipinski definition) is 0. The molecule has 1 aliphatic rings. The zero-order valence-corrected chi connectivity index (χ0v) is 10.0. The third kappa shape index (κ3) is 2.72. The summed E-state index contributed by atoms with van der Waals surface area (Å²) in [5.74, 6) is -0.252. The second-order valence-electron chi connectivity index (χ2n) is 4.72. The van der Waals surface area contributed by atoms with Gasteiger partial charge in [0.15, 0.2) is 0 Å². The van der Waals surface area contributed by atoms with Crippen molar-refractivity contribution < 1.29 is 13.9 Å². The van der Waals surface area contributed by atoms with Gasteiger partial charge in [0.05, 0.1) is 5.60 Å². The highest BCUT2D eigenvalue weighted by Gasteiger charge is 2.38. The topological polar surface area (TPSA) is 26.3 Å². The van der Waals surface area contributed by atoms with Gasteiger partial charge in [0.2, 0.25) is 0 Å². The molecule has 0 radical (unpaired) electrons. The molecule has 2 nitrogen and oxygen atoms in total. The Morgan fingerprint density at radius 1 is 1.41 bits per heavy atom. The number of carbonyl (C=O) groups excluding carboxylic acids is 1. The van der Waals surface area contributed by atoms with Gasteiger partial charge in [-0.15, -0.1) is 0 Å². The first-order chi connectivity index (χ1) is 8.15. The standard InChI is InChI=1S/C14H17FO2/c1-17-14(7-4-8-14)10-12(16)9-11-5-2-3-6-13(11)15/h2-3,5-6H,4,7-10H2,1H3. The molecular weight excluding hydrogens is 219 g/mol. The first-order valence-corrected chi connectivity index (χ1v) is 5.95. The summed E-state index contributed by atoms with van der Waals surface area (Å²) in [6.45, 7) is 0. The van der Waals surface area contributed by atoms with E-state index in [1.165, 1.54) is 6.07 Å². The molecule has 1 fully saturated rings. The van der Waals surface area contributed by atoms with Gasteiger partial charge in [-0.3, -0.25) is 4.79 Å². The van der Waals surface area contributed by atoms with Gasteiger partial charge in [0.1, 0.15) is 11.6 Å². The largest absolute Gasteiger partial charge is 0.378 e. The molecule has 1 aliphatic carbocycles. The third-order valence-corrected chi connectivity index (χ3v) is 3.56. The zero-order valence-electron chi connectivity index (χ0n) is 10.0. The lowest BCUT2D eigenvalue weighted by Crippen LogP contribution is -2.41. The van der Waals surface area contributed by atoms with Crippen LogP contribution in [0, 0.1) is 5.82 Å². The number of ether oxygens (including phenoxy) is 1. The van der Waals surface area contributed by atoms with E-state index in [9.17, 15) is 9.18 Å². The molecule has 0 heterocycles. The quantitative estimate of drug-likeness (QED) is 0.785. The van der Waals surface area contributed by atoms with E-state index in [0.29, 0.717) is 12.0 Å². The average molecular weight is 236 g/mol. The molecule has 1 aromatic rings. The van der Waals surface area contributed by atoms with Crippen LogP contribution in [0.1, 0.15) is 31.2 Å². The number of rotatable bonds is 5. The van der Waals surface area contributed by atoms with Crippen LogP contribution < -0.4 is 0 Å².